The molecule has 0 aromatic heterocycles. The van der Waals surface area contributed by atoms with Crippen molar-refractivity contribution in [1.29, 1.82) is 0 Å². The maximum absolute atomic E-state index is 12.3. The molecule has 6 heteroatoms. The number of nitrogens with zero attached hydrogens (tertiary/aromatic N) is 1. The van der Waals surface area contributed by atoms with Gasteiger partial charge in [-0.25, -0.2) is 4.79 Å². The van der Waals surface area contributed by atoms with Crippen molar-refractivity contribution in [1.82, 2.24) is 4.90 Å². The molecule has 27 heavy (non-hydrogen) atoms. The van der Waals surface area contributed by atoms with Crippen molar-refractivity contribution in [2.24, 2.45) is 5.92 Å². The molecule has 1 aliphatic rings. The molecule has 1 N–H and O–H groups in total. The molecule has 4 nitrogen and oxygen atoms in total. The van der Waals surface area contributed by atoms with Crippen molar-refractivity contribution in [2.75, 3.05) is 32.1 Å². The third-order valence-electron chi connectivity index (χ3n) is 4.84. The van der Waals surface area contributed by atoms with E-state index in [1.807, 2.05) is 30.3 Å². The molecule has 0 saturated carbocycles. The Morgan fingerprint density at radius 3 is 2.59 bits per heavy atom. The largest absolute Gasteiger partial charge is 0.449 e. The summed E-state index contributed by atoms with van der Waals surface area (Å²) in [4.78, 5) is 14.6. The van der Waals surface area contributed by atoms with Gasteiger partial charge in [-0.05, 0) is 67.9 Å². The van der Waals surface area contributed by atoms with E-state index < -0.39 is 6.09 Å². The fraction of sp³-hybridized carbons (Fsp3) is 0.381. The monoisotopic (exact) mass is 406 g/mol. The second kappa shape index (κ2) is 8.96. The number of rotatable bonds is 5. The molecule has 3 rings (SSSR count). The van der Waals surface area contributed by atoms with Crippen molar-refractivity contribution in [3.63, 3.8) is 0 Å². The molecule has 0 aliphatic carbocycles. The smallest absolute Gasteiger partial charge is 0.411 e. The number of ether oxygens (including phenoxy) is 1. The molecule has 1 saturated heterocycles. The normalized spacial score (nSPS) is 17.1. The minimum Gasteiger partial charge on any atom is -0.449 e. The molecule has 2 aromatic rings. The van der Waals surface area contributed by atoms with Crippen molar-refractivity contribution in [2.45, 2.75) is 19.8 Å². The topological polar surface area (TPSA) is 41.6 Å². The first kappa shape index (κ1) is 20.0. The summed E-state index contributed by atoms with van der Waals surface area (Å²) in [6.07, 6.45) is 1.51. The zero-order valence-corrected chi connectivity index (χ0v) is 17.1. The summed E-state index contributed by atoms with van der Waals surface area (Å²) in [7, 11) is 2.08. The lowest BCUT2D eigenvalue weighted by atomic mass is 10.00. The average molecular weight is 407 g/mol. The molecular formula is C21H24Cl2N2O2. The minimum atomic E-state index is -0.442. The van der Waals surface area contributed by atoms with Gasteiger partial charge in [0.2, 0.25) is 0 Å². The molecule has 0 spiro atoms. The maximum atomic E-state index is 12.3. The van der Waals surface area contributed by atoms with Crippen LogP contribution in [0.25, 0.3) is 11.1 Å². The Kier molecular flexibility index (Phi) is 6.64. The van der Waals surface area contributed by atoms with E-state index in [2.05, 4.69) is 24.2 Å². The minimum absolute atomic E-state index is 0.398. The molecule has 0 radical (unpaired) electrons. The van der Waals surface area contributed by atoms with Crippen LogP contribution in [0.4, 0.5) is 10.5 Å². The van der Waals surface area contributed by atoms with Gasteiger partial charge in [-0.2, -0.15) is 0 Å². The number of amides is 1. The first-order chi connectivity index (χ1) is 12.9. The maximum Gasteiger partial charge on any atom is 0.411 e. The highest BCUT2D eigenvalue weighted by Gasteiger charge is 2.21. The van der Waals surface area contributed by atoms with Crippen LogP contribution in [0, 0.1) is 5.92 Å². The Balaban J connectivity index is 1.77. The van der Waals surface area contributed by atoms with Crippen molar-refractivity contribution >= 4 is 35.0 Å². The molecular weight excluding hydrogens is 383 g/mol. The zero-order valence-electron chi connectivity index (χ0n) is 15.6. The Morgan fingerprint density at radius 1 is 1.22 bits per heavy atom. The van der Waals surface area contributed by atoms with Gasteiger partial charge in [0.1, 0.15) is 0 Å². The van der Waals surface area contributed by atoms with Crippen LogP contribution in [0.5, 0.6) is 0 Å². The first-order valence-electron chi connectivity index (χ1n) is 9.16. The third-order valence-corrected chi connectivity index (χ3v) is 5.28. The lowest BCUT2D eigenvalue weighted by Crippen LogP contribution is -2.21. The van der Waals surface area contributed by atoms with E-state index in [0.29, 0.717) is 28.3 Å². The van der Waals surface area contributed by atoms with Crippen LogP contribution in [0.15, 0.2) is 36.4 Å². The number of benzene rings is 2. The number of anilines is 1. The Labute approximate surface area is 170 Å². The summed E-state index contributed by atoms with van der Waals surface area (Å²) in [6.45, 7) is 4.53. The fourth-order valence-electron chi connectivity index (χ4n) is 3.37. The molecule has 1 atom stereocenters. The Bertz CT molecular complexity index is 806. The second-order valence-corrected chi connectivity index (χ2v) is 7.90. The van der Waals surface area contributed by atoms with E-state index in [-0.39, 0.29) is 0 Å². The van der Waals surface area contributed by atoms with Crippen LogP contribution >= 0.6 is 23.2 Å². The van der Waals surface area contributed by atoms with Crippen molar-refractivity contribution in [3.05, 3.63) is 52.0 Å². The van der Waals surface area contributed by atoms with Gasteiger partial charge in [0.15, 0.2) is 0 Å². The second-order valence-electron chi connectivity index (χ2n) is 7.03. The molecule has 0 bridgehead atoms. The van der Waals surface area contributed by atoms with Gasteiger partial charge >= 0.3 is 6.09 Å². The average Bonchev–Trinajstić information content (AvgIpc) is 3.05. The summed E-state index contributed by atoms with van der Waals surface area (Å²) in [5.41, 5.74) is 3.57. The van der Waals surface area contributed by atoms with E-state index in [1.165, 1.54) is 0 Å². The zero-order chi connectivity index (χ0) is 19.4. The molecule has 1 fully saturated rings. The SMILES string of the molecule is CCc1ccc(NC(=O)OC[C@H]2CCN(C)C2)c(-c2cc(Cl)cc(Cl)c2)c1. The fourth-order valence-corrected chi connectivity index (χ4v) is 3.90. The highest BCUT2D eigenvalue weighted by molar-refractivity contribution is 6.35. The molecule has 144 valence electrons. The quantitative estimate of drug-likeness (QED) is 0.689. The Morgan fingerprint density at radius 2 is 1.96 bits per heavy atom. The van der Waals surface area contributed by atoms with E-state index in [9.17, 15) is 4.79 Å². The molecule has 2 aromatic carbocycles. The van der Waals surface area contributed by atoms with E-state index in [4.69, 9.17) is 27.9 Å². The van der Waals surface area contributed by atoms with Crippen molar-refractivity contribution < 1.29 is 9.53 Å². The predicted octanol–water partition coefficient (Wildman–Crippen LogP) is 5.72. The lowest BCUT2D eigenvalue weighted by Gasteiger charge is -2.15. The van der Waals surface area contributed by atoms with E-state index >= 15 is 0 Å². The number of aryl methyl sites for hydroxylation is 1. The third kappa shape index (κ3) is 5.38. The number of carbonyl (C=O) groups is 1. The summed E-state index contributed by atoms with van der Waals surface area (Å²) in [5.74, 6) is 0.398. The number of likely N-dealkylation sites (tertiary alicyclic amines) is 1. The highest BCUT2D eigenvalue weighted by atomic mass is 35.5. The van der Waals surface area contributed by atoms with Crippen LogP contribution in [0.3, 0.4) is 0 Å². The number of hydrogen-bond donors (Lipinski definition) is 1. The summed E-state index contributed by atoms with van der Waals surface area (Å²) >= 11 is 12.3. The van der Waals surface area contributed by atoms with Crippen LogP contribution in [0.2, 0.25) is 10.0 Å². The van der Waals surface area contributed by atoms with E-state index in [1.54, 1.807) is 6.07 Å². The van der Waals surface area contributed by atoms with Gasteiger partial charge in [-0.15, -0.1) is 0 Å². The summed E-state index contributed by atoms with van der Waals surface area (Å²) < 4.78 is 5.44. The molecule has 0 unspecified atom stereocenters. The van der Waals surface area contributed by atoms with Gasteiger partial charge in [-0.1, -0.05) is 36.2 Å². The number of halogens is 2. The highest BCUT2D eigenvalue weighted by Crippen LogP contribution is 2.33. The van der Waals surface area contributed by atoms with Crippen LogP contribution < -0.4 is 5.32 Å². The van der Waals surface area contributed by atoms with Gasteiger partial charge in [0, 0.05) is 28.1 Å². The van der Waals surface area contributed by atoms with Gasteiger partial charge in [0.25, 0.3) is 0 Å². The molecule has 1 heterocycles. The molecule has 1 amide bonds. The molecule has 1 aliphatic heterocycles. The number of carbonyl (C=O) groups excluding carboxylic acids is 1. The van der Waals surface area contributed by atoms with Crippen LogP contribution in [0.1, 0.15) is 18.9 Å². The summed E-state index contributed by atoms with van der Waals surface area (Å²) in [6, 6.07) is 11.3. The van der Waals surface area contributed by atoms with E-state index in [0.717, 1.165) is 42.6 Å². The Hall–Kier alpha value is -1.75. The number of hydrogen-bond acceptors (Lipinski definition) is 3. The van der Waals surface area contributed by atoms with Gasteiger partial charge < -0.3 is 9.64 Å². The summed E-state index contributed by atoms with van der Waals surface area (Å²) in [5, 5.41) is 3.98. The van der Waals surface area contributed by atoms with Gasteiger partial charge in [0.05, 0.1) is 12.3 Å². The first-order valence-corrected chi connectivity index (χ1v) is 9.92. The number of nitrogens with one attached hydrogen (secondary N) is 1. The van der Waals surface area contributed by atoms with Crippen LogP contribution in [-0.2, 0) is 11.2 Å². The predicted molar refractivity (Wildman–Crippen MR) is 112 cm³/mol. The lowest BCUT2D eigenvalue weighted by molar-refractivity contribution is 0.142. The standard InChI is InChI=1S/C21H24Cl2N2O2/c1-3-14-4-5-20(19(8-14)16-9-17(22)11-18(23)10-16)24-21(26)27-13-15-6-7-25(2)12-15/h4-5,8-11,15H,3,6-7,12-13H2,1-2H3,(H,24,26)/t15-/m0/s1. The van der Waals surface area contributed by atoms with Crippen LogP contribution in [-0.4, -0.2) is 37.7 Å². The van der Waals surface area contributed by atoms with Crippen molar-refractivity contribution in [3.8, 4) is 11.1 Å². The van der Waals surface area contributed by atoms with Gasteiger partial charge in [-0.3, -0.25) is 5.32 Å².